The molecule has 0 saturated carbocycles. The van der Waals surface area contributed by atoms with Crippen LogP contribution in [0.25, 0.3) is 0 Å². The molecule has 1 amide bonds. The average molecular weight is 578 g/mol. The summed E-state index contributed by atoms with van der Waals surface area (Å²) in [6.07, 6.45) is 1.47. The van der Waals surface area contributed by atoms with Crippen molar-refractivity contribution < 1.29 is 22.7 Å². The van der Waals surface area contributed by atoms with E-state index in [9.17, 15) is 13.2 Å². The average Bonchev–Trinajstić information content (AvgIpc) is 2.97. The van der Waals surface area contributed by atoms with E-state index in [1.54, 1.807) is 66.7 Å². The molecular weight excluding hydrogens is 550 g/mol. The number of hydrazone groups is 1. The van der Waals surface area contributed by atoms with Crippen molar-refractivity contribution in [3.05, 3.63) is 119 Å². The predicted octanol–water partition coefficient (Wildman–Crippen LogP) is 5.66. The Morgan fingerprint density at radius 1 is 0.875 bits per heavy atom. The zero-order valence-electron chi connectivity index (χ0n) is 21.7. The zero-order valence-corrected chi connectivity index (χ0v) is 23.3. The lowest BCUT2D eigenvalue weighted by Gasteiger charge is -2.24. The Morgan fingerprint density at radius 2 is 1.50 bits per heavy atom. The van der Waals surface area contributed by atoms with Crippen molar-refractivity contribution in [3.8, 4) is 11.5 Å². The van der Waals surface area contributed by atoms with Gasteiger partial charge in [-0.25, -0.2) is 13.8 Å². The van der Waals surface area contributed by atoms with Crippen molar-refractivity contribution in [3.63, 3.8) is 0 Å². The second-order valence-electron chi connectivity index (χ2n) is 8.53. The van der Waals surface area contributed by atoms with Crippen LogP contribution in [0.4, 0.5) is 5.69 Å². The van der Waals surface area contributed by atoms with Crippen LogP contribution in [0.1, 0.15) is 18.1 Å². The Kier molecular flexibility index (Phi) is 9.77. The van der Waals surface area contributed by atoms with Crippen LogP contribution < -0.4 is 19.2 Å². The maximum absolute atomic E-state index is 13.4. The molecule has 0 radical (unpaired) electrons. The highest BCUT2D eigenvalue weighted by Crippen LogP contribution is 2.26. The fourth-order valence-corrected chi connectivity index (χ4v) is 5.22. The molecule has 1 N–H and O–H groups in total. The van der Waals surface area contributed by atoms with Crippen LogP contribution in [0.2, 0.25) is 5.02 Å². The minimum absolute atomic E-state index is 0.0681. The van der Waals surface area contributed by atoms with Gasteiger partial charge in [-0.15, -0.1) is 0 Å². The molecule has 0 fully saturated rings. The van der Waals surface area contributed by atoms with E-state index in [4.69, 9.17) is 21.1 Å². The van der Waals surface area contributed by atoms with E-state index in [0.29, 0.717) is 35.4 Å². The van der Waals surface area contributed by atoms with Gasteiger partial charge in [0.15, 0.2) is 0 Å². The van der Waals surface area contributed by atoms with Gasteiger partial charge in [0.1, 0.15) is 24.7 Å². The summed E-state index contributed by atoms with van der Waals surface area (Å²) in [5, 5.41) is 4.66. The molecule has 4 aromatic rings. The molecule has 0 aliphatic rings. The second kappa shape index (κ2) is 13.6. The summed E-state index contributed by atoms with van der Waals surface area (Å²) in [7, 11) is -4.02. The Labute approximate surface area is 238 Å². The molecule has 0 aliphatic heterocycles. The number of sulfonamides is 1. The van der Waals surface area contributed by atoms with Crippen molar-refractivity contribution in [2.24, 2.45) is 5.10 Å². The molecule has 40 heavy (non-hydrogen) atoms. The fourth-order valence-electron chi connectivity index (χ4n) is 3.65. The largest absolute Gasteiger partial charge is 0.494 e. The second-order valence-corrected chi connectivity index (χ2v) is 10.8. The van der Waals surface area contributed by atoms with Gasteiger partial charge >= 0.3 is 0 Å². The van der Waals surface area contributed by atoms with Crippen molar-refractivity contribution in [1.82, 2.24) is 5.43 Å². The van der Waals surface area contributed by atoms with Crippen LogP contribution in [-0.2, 0) is 21.4 Å². The minimum atomic E-state index is -4.02. The van der Waals surface area contributed by atoms with Crippen molar-refractivity contribution in [2.45, 2.75) is 18.4 Å². The summed E-state index contributed by atoms with van der Waals surface area (Å²) in [5.41, 5.74) is 4.44. The Morgan fingerprint density at radius 3 is 2.15 bits per heavy atom. The number of carbonyl (C=O) groups excluding carboxylic acids is 1. The van der Waals surface area contributed by atoms with E-state index in [2.05, 4.69) is 10.5 Å². The topological polar surface area (TPSA) is 97.3 Å². The molecule has 0 saturated heterocycles. The molecule has 0 aliphatic carbocycles. The monoisotopic (exact) mass is 577 g/mol. The highest BCUT2D eigenvalue weighted by Gasteiger charge is 2.27. The third kappa shape index (κ3) is 7.84. The van der Waals surface area contributed by atoms with E-state index < -0.39 is 22.5 Å². The number of nitrogens with zero attached hydrogens (tertiary/aromatic N) is 2. The Hall–Kier alpha value is -4.34. The van der Waals surface area contributed by atoms with Crippen LogP contribution in [-0.4, -0.2) is 33.7 Å². The highest BCUT2D eigenvalue weighted by atomic mass is 35.5. The molecule has 0 bridgehead atoms. The number of carbonyl (C=O) groups is 1. The maximum atomic E-state index is 13.4. The number of rotatable bonds is 12. The molecular formula is C30H28ClN3O5S. The van der Waals surface area contributed by atoms with Crippen molar-refractivity contribution >= 4 is 39.4 Å². The number of hydrogen-bond acceptors (Lipinski definition) is 6. The van der Waals surface area contributed by atoms with Crippen LogP contribution in [0.5, 0.6) is 11.5 Å². The number of amides is 1. The number of hydrogen-bond donors (Lipinski definition) is 1. The van der Waals surface area contributed by atoms with E-state index in [0.717, 1.165) is 15.4 Å². The molecule has 0 atom stereocenters. The molecule has 0 aromatic heterocycles. The van der Waals surface area contributed by atoms with E-state index in [1.807, 2.05) is 31.2 Å². The van der Waals surface area contributed by atoms with Crippen LogP contribution in [0.15, 0.2) is 113 Å². The standard InChI is InChI=1S/C30H28ClN3O5S/c1-2-38-27-18-14-26(15-19-27)34(40(36,37)29-6-4-3-5-7-29)21-30(35)33-32-20-23-10-16-28(17-11-23)39-22-24-8-12-25(31)13-9-24/h3-20H,2,21-22H2,1H3,(H,33,35)/b32-20-. The molecule has 4 aromatic carbocycles. The first-order valence-electron chi connectivity index (χ1n) is 12.4. The summed E-state index contributed by atoms with van der Waals surface area (Å²) in [4.78, 5) is 12.8. The summed E-state index contributed by atoms with van der Waals surface area (Å²) in [6.45, 7) is 2.26. The van der Waals surface area contributed by atoms with Crippen LogP contribution >= 0.6 is 11.6 Å². The van der Waals surface area contributed by atoms with Gasteiger partial charge < -0.3 is 9.47 Å². The molecule has 0 heterocycles. The first-order valence-corrected chi connectivity index (χ1v) is 14.3. The van der Waals surface area contributed by atoms with Gasteiger partial charge in [0.25, 0.3) is 15.9 Å². The van der Waals surface area contributed by atoms with Gasteiger partial charge in [-0.05, 0) is 90.8 Å². The van der Waals surface area contributed by atoms with E-state index in [1.165, 1.54) is 18.3 Å². The normalized spacial score (nSPS) is 11.2. The van der Waals surface area contributed by atoms with Gasteiger partial charge in [0.2, 0.25) is 0 Å². The first kappa shape index (κ1) is 28.7. The number of benzene rings is 4. The van der Waals surface area contributed by atoms with E-state index >= 15 is 0 Å². The molecule has 0 unspecified atom stereocenters. The maximum Gasteiger partial charge on any atom is 0.264 e. The number of nitrogens with one attached hydrogen (secondary N) is 1. The van der Waals surface area contributed by atoms with Crippen LogP contribution in [0, 0.1) is 0 Å². The first-order chi connectivity index (χ1) is 19.3. The highest BCUT2D eigenvalue weighted by molar-refractivity contribution is 7.92. The van der Waals surface area contributed by atoms with Gasteiger partial charge in [-0.2, -0.15) is 5.10 Å². The lowest BCUT2D eigenvalue weighted by molar-refractivity contribution is -0.119. The number of ether oxygens (including phenoxy) is 2. The zero-order chi connectivity index (χ0) is 28.4. The molecule has 0 spiro atoms. The molecule has 206 valence electrons. The SMILES string of the molecule is CCOc1ccc(N(CC(=O)N/N=C\c2ccc(OCc3ccc(Cl)cc3)cc2)S(=O)(=O)c2ccccc2)cc1. The van der Waals surface area contributed by atoms with Gasteiger partial charge in [-0.1, -0.05) is 41.9 Å². The van der Waals surface area contributed by atoms with Gasteiger partial charge in [-0.3, -0.25) is 9.10 Å². The molecule has 10 heteroatoms. The van der Waals surface area contributed by atoms with Crippen LogP contribution in [0.3, 0.4) is 0 Å². The quantitative estimate of drug-likeness (QED) is 0.173. The lowest BCUT2D eigenvalue weighted by Crippen LogP contribution is -2.39. The summed E-state index contributed by atoms with van der Waals surface area (Å²) in [6, 6.07) is 29.0. The number of anilines is 1. The number of halogens is 1. The fraction of sp³-hybridized carbons (Fsp3) is 0.133. The summed E-state index contributed by atoms with van der Waals surface area (Å²) < 4.78 is 39.1. The Balaban J connectivity index is 1.40. The third-order valence-corrected chi connectivity index (χ3v) is 7.70. The molecule has 8 nitrogen and oxygen atoms in total. The predicted molar refractivity (Wildman–Crippen MR) is 157 cm³/mol. The minimum Gasteiger partial charge on any atom is -0.494 e. The Bertz CT molecular complexity index is 1530. The smallest absolute Gasteiger partial charge is 0.264 e. The summed E-state index contributed by atoms with van der Waals surface area (Å²) >= 11 is 5.91. The van der Waals surface area contributed by atoms with E-state index in [-0.39, 0.29) is 4.90 Å². The van der Waals surface area contributed by atoms with Gasteiger partial charge in [0.05, 0.1) is 23.4 Å². The van der Waals surface area contributed by atoms with Crippen molar-refractivity contribution in [2.75, 3.05) is 17.5 Å². The van der Waals surface area contributed by atoms with Gasteiger partial charge in [0, 0.05) is 5.02 Å². The molecule has 4 rings (SSSR count). The third-order valence-electron chi connectivity index (χ3n) is 5.66. The summed E-state index contributed by atoms with van der Waals surface area (Å²) in [5.74, 6) is 0.666. The lowest BCUT2D eigenvalue weighted by atomic mass is 10.2. The van der Waals surface area contributed by atoms with Crippen molar-refractivity contribution in [1.29, 1.82) is 0 Å².